The van der Waals surface area contributed by atoms with Crippen molar-refractivity contribution in [2.45, 2.75) is 0 Å². The van der Waals surface area contributed by atoms with Crippen molar-refractivity contribution in [1.29, 1.82) is 0 Å². The highest BCUT2D eigenvalue weighted by atomic mass is 16.6. The summed E-state index contributed by atoms with van der Waals surface area (Å²) in [7, 11) is 1.57. The van der Waals surface area contributed by atoms with Gasteiger partial charge in [-0.05, 0) is 11.5 Å². The van der Waals surface area contributed by atoms with Crippen molar-refractivity contribution in [3.63, 3.8) is 0 Å². The number of hydrogen-bond acceptors (Lipinski definition) is 3. The third kappa shape index (κ3) is 1.60. The van der Waals surface area contributed by atoms with E-state index in [1.807, 2.05) is 36.5 Å². The minimum Gasteiger partial charge on any atom is -0.278 e. The van der Waals surface area contributed by atoms with Crippen LogP contribution < -0.4 is 5.48 Å². The van der Waals surface area contributed by atoms with Gasteiger partial charge in [0.05, 0.1) is 7.11 Å². The largest absolute Gasteiger partial charge is 0.278 e. The molecular formula is C10H10N2O. The van der Waals surface area contributed by atoms with Crippen LogP contribution in [0.5, 0.6) is 0 Å². The highest BCUT2D eigenvalue weighted by Crippen LogP contribution is 2.15. The molecule has 0 fully saturated rings. The fourth-order valence-electron chi connectivity index (χ4n) is 1.24. The summed E-state index contributed by atoms with van der Waals surface area (Å²) in [6, 6.07) is 10.0. The van der Waals surface area contributed by atoms with E-state index < -0.39 is 0 Å². The molecule has 2 aromatic rings. The van der Waals surface area contributed by atoms with Crippen molar-refractivity contribution in [1.82, 2.24) is 4.98 Å². The van der Waals surface area contributed by atoms with E-state index in [2.05, 4.69) is 10.5 Å². The first-order chi connectivity index (χ1) is 6.40. The Morgan fingerprint density at radius 1 is 1.23 bits per heavy atom. The van der Waals surface area contributed by atoms with Crippen LogP contribution in [0.1, 0.15) is 0 Å². The fraction of sp³-hybridized carbons (Fsp3) is 0.100. The zero-order chi connectivity index (χ0) is 9.10. The zero-order valence-electron chi connectivity index (χ0n) is 7.32. The maximum atomic E-state index is 4.76. The Bertz CT molecular complexity index is 414. The second-order valence-electron chi connectivity index (χ2n) is 2.72. The van der Waals surface area contributed by atoms with Crippen LogP contribution in [-0.2, 0) is 4.84 Å². The van der Waals surface area contributed by atoms with Gasteiger partial charge in [-0.1, -0.05) is 24.3 Å². The Hall–Kier alpha value is -1.61. The summed E-state index contributed by atoms with van der Waals surface area (Å²) in [5, 5.41) is 2.28. The van der Waals surface area contributed by atoms with Crippen molar-refractivity contribution < 1.29 is 4.84 Å². The second kappa shape index (κ2) is 3.41. The van der Waals surface area contributed by atoms with Gasteiger partial charge >= 0.3 is 0 Å². The van der Waals surface area contributed by atoms with E-state index in [-0.39, 0.29) is 0 Å². The third-order valence-electron chi connectivity index (χ3n) is 1.84. The van der Waals surface area contributed by atoms with Gasteiger partial charge in [0.2, 0.25) is 0 Å². The molecule has 0 atom stereocenters. The lowest BCUT2D eigenvalue weighted by Crippen LogP contribution is -1.97. The molecule has 0 spiro atoms. The molecule has 66 valence electrons. The number of pyridine rings is 1. The topological polar surface area (TPSA) is 34.1 Å². The number of aromatic nitrogens is 1. The molecule has 3 heteroatoms. The fourth-order valence-corrected chi connectivity index (χ4v) is 1.24. The predicted octanol–water partition coefficient (Wildman–Crippen LogP) is 2.21. The van der Waals surface area contributed by atoms with Crippen molar-refractivity contribution in [3.05, 3.63) is 36.5 Å². The standard InChI is InChI=1S/C10H10N2O/c1-13-12-10-6-8-4-2-3-5-9(8)7-11-10/h2-7H,1H3,(H,11,12). The Morgan fingerprint density at radius 2 is 2.00 bits per heavy atom. The first-order valence-corrected chi connectivity index (χ1v) is 4.04. The zero-order valence-corrected chi connectivity index (χ0v) is 7.32. The molecule has 1 aromatic carbocycles. The quantitative estimate of drug-likeness (QED) is 0.709. The van der Waals surface area contributed by atoms with Crippen molar-refractivity contribution in [2.24, 2.45) is 0 Å². The number of nitrogens with one attached hydrogen (secondary N) is 1. The molecule has 2 rings (SSSR count). The summed E-state index contributed by atoms with van der Waals surface area (Å²) < 4.78 is 0. The van der Waals surface area contributed by atoms with Crippen molar-refractivity contribution >= 4 is 16.6 Å². The molecule has 0 amide bonds. The number of hydrogen-bond donors (Lipinski definition) is 1. The molecule has 0 aliphatic heterocycles. The van der Waals surface area contributed by atoms with E-state index in [1.165, 1.54) is 0 Å². The summed E-state index contributed by atoms with van der Waals surface area (Å²) in [5.74, 6) is 0.723. The van der Waals surface area contributed by atoms with E-state index in [0.717, 1.165) is 16.6 Å². The average molecular weight is 174 g/mol. The Balaban J connectivity index is 2.49. The Kier molecular flexibility index (Phi) is 2.10. The maximum Gasteiger partial charge on any atom is 0.150 e. The van der Waals surface area contributed by atoms with Crippen LogP contribution in [0.25, 0.3) is 10.8 Å². The van der Waals surface area contributed by atoms with Gasteiger partial charge in [-0.25, -0.2) is 10.5 Å². The van der Waals surface area contributed by atoms with Crippen LogP contribution in [0.15, 0.2) is 36.5 Å². The lowest BCUT2D eigenvalue weighted by molar-refractivity contribution is 0.269. The summed E-state index contributed by atoms with van der Waals surface area (Å²) in [5.41, 5.74) is 2.69. The number of rotatable bonds is 2. The molecule has 3 nitrogen and oxygen atoms in total. The SMILES string of the molecule is CONc1cc2ccccc2cn1. The van der Waals surface area contributed by atoms with Crippen LogP contribution in [0.3, 0.4) is 0 Å². The number of nitrogens with zero attached hydrogens (tertiary/aromatic N) is 1. The highest BCUT2D eigenvalue weighted by molar-refractivity contribution is 5.83. The number of anilines is 1. The monoisotopic (exact) mass is 174 g/mol. The Labute approximate surface area is 76.3 Å². The van der Waals surface area contributed by atoms with Gasteiger partial charge in [-0.2, -0.15) is 0 Å². The van der Waals surface area contributed by atoms with E-state index in [9.17, 15) is 0 Å². The van der Waals surface area contributed by atoms with Crippen LogP contribution in [0, 0.1) is 0 Å². The highest BCUT2D eigenvalue weighted by Gasteiger charge is 1.94. The van der Waals surface area contributed by atoms with Gasteiger partial charge in [0, 0.05) is 11.6 Å². The molecule has 0 aliphatic carbocycles. The average Bonchev–Trinajstić information content (AvgIpc) is 2.18. The van der Waals surface area contributed by atoms with Crippen LogP contribution >= 0.6 is 0 Å². The van der Waals surface area contributed by atoms with Crippen LogP contribution in [-0.4, -0.2) is 12.1 Å². The molecule has 0 unspecified atom stereocenters. The molecule has 0 bridgehead atoms. The van der Waals surface area contributed by atoms with Gasteiger partial charge in [-0.15, -0.1) is 0 Å². The number of fused-ring (bicyclic) bond motifs is 1. The summed E-state index contributed by atoms with van der Waals surface area (Å²) in [4.78, 5) is 8.92. The molecule has 1 aromatic heterocycles. The first kappa shape index (κ1) is 8.01. The summed E-state index contributed by atoms with van der Waals surface area (Å²) in [6.07, 6.45) is 1.82. The molecule has 0 saturated heterocycles. The summed E-state index contributed by atoms with van der Waals surface area (Å²) >= 11 is 0. The molecule has 13 heavy (non-hydrogen) atoms. The Morgan fingerprint density at radius 3 is 2.77 bits per heavy atom. The van der Waals surface area contributed by atoms with Crippen molar-refractivity contribution in [3.8, 4) is 0 Å². The van der Waals surface area contributed by atoms with Gasteiger partial charge in [0.25, 0.3) is 0 Å². The van der Waals surface area contributed by atoms with E-state index >= 15 is 0 Å². The lowest BCUT2D eigenvalue weighted by Gasteiger charge is -2.02. The first-order valence-electron chi connectivity index (χ1n) is 4.04. The third-order valence-corrected chi connectivity index (χ3v) is 1.84. The molecule has 0 radical (unpaired) electrons. The lowest BCUT2D eigenvalue weighted by atomic mass is 10.2. The van der Waals surface area contributed by atoms with Crippen molar-refractivity contribution in [2.75, 3.05) is 12.6 Å². The van der Waals surface area contributed by atoms with E-state index in [4.69, 9.17) is 4.84 Å². The smallest absolute Gasteiger partial charge is 0.150 e. The van der Waals surface area contributed by atoms with Crippen LogP contribution in [0.4, 0.5) is 5.82 Å². The van der Waals surface area contributed by atoms with E-state index in [1.54, 1.807) is 7.11 Å². The minimum atomic E-state index is 0.723. The maximum absolute atomic E-state index is 4.76. The van der Waals surface area contributed by atoms with Gasteiger partial charge in [0.1, 0.15) is 5.82 Å². The van der Waals surface area contributed by atoms with Gasteiger partial charge in [-0.3, -0.25) is 4.84 Å². The predicted molar refractivity (Wildman–Crippen MR) is 52.4 cm³/mol. The molecular weight excluding hydrogens is 164 g/mol. The summed E-state index contributed by atoms with van der Waals surface area (Å²) in [6.45, 7) is 0. The molecule has 1 N–H and O–H groups in total. The minimum absolute atomic E-state index is 0.723. The van der Waals surface area contributed by atoms with Gasteiger partial charge in [0.15, 0.2) is 0 Å². The number of benzene rings is 1. The molecule has 0 saturated carbocycles. The van der Waals surface area contributed by atoms with Crippen LogP contribution in [0.2, 0.25) is 0 Å². The normalized spacial score (nSPS) is 10.2. The van der Waals surface area contributed by atoms with E-state index in [0.29, 0.717) is 0 Å². The molecule has 0 aliphatic rings. The second-order valence-corrected chi connectivity index (χ2v) is 2.72. The van der Waals surface area contributed by atoms with Gasteiger partial charge < -0.3 is 0 Å². The molecule has 1 heterocycles.